The predicted octanol–water partition coefficient (Wildman–Crippen LogP) is 2.54. The van der Waals surface area contributed by atoms with E-state index in [4.69, 9.17) is 6.42 Å². The lowest BCUT2D eigenvalue weighted by Gasteiger charge is -2.14. The highest BCUT2D eigenvalue weighted by Crippen LogP contribution is 2.22. The fourth-order valence-electron chi connectivity index (χ4n) is 1.92. The standard InChI is InChI=1S/C15H14Si/c1-2-16-15(13-9-5-3-6-10-13)14-11-7-4-8-12-14/h1,3-12,15H,16H2. The van der Waals surface area contributed by atoms with E-state index in [1.807, 2.05) is 12.1 Å². The van der Waals surface area contributed by atoms with E-state index in [0.29, 0.717) is 5.54 Å². The van der Waals surface area contributed by atoms with Gasteiger partial charge in [0.1, 0.15) is 9.52 Å². The van der Waals surface area contributed by atoms with Crippen LogP contribution >= 0.6 is 0 Å². The highest BCUT2D eigenvalue weighted by atomic mass is 28.2. The Bertz CT molecular complexity index is 428. The Morgan fingerprint density at radius 2 is 1.25 bits per heavy atom. The molecule has 78 valence electrons. The lowest BCUT2D eigenvalue weighted by Crippen LogP contribution is -2.08. The van der Waals surface area contributed by atoms with Gasteiger partial charge in [0.05, 0.1) is 0 Å². The third kappa shape index (κ3) is 2.42. The van der Waals surface area contributed by atoms with Crippen LogP contribution in [-0.2, 0) is 0 Å². The van der Waals surface area contributed by atoms with Crippen LogP contribution in [0.3, 0.4) is 0 Å². The molecule has 2 rings (SSSR count). The van der Waals surface area contributed by atoms with Crippen LogP contribution in [0.15, 0.2) is 60.7 Å². The van der Waals surface area contributed by atoms with Crippen molar-refractivity contribution in [2.45, 2.75) is 5.54 Å². The predicted molar refractivity (Wildman–Crippen MR) is 72.1 cm³/mol. The number of benzene rings is 2. The van der Waals surface area contributed by atoms with Crippen LogP contribution in [-0.4, -0.2) is 9.52 Å². The van der Waals surface area contributed by atoms with Crippen LogP contribution in [0, 0.1) is 12.0 Å². The zero-order valence-electron chi connectivity index (χ0n) is 9.14. The zero-order valence-corrected chi connectivity index (χ0v) is 10.5. The van der Waals surface area contributed by atoms with E-state index in [0.717, 1.165) is 0 Å². The van der Waals surface area contributed by atoms with Crippen molar-refractivity contribution in [3.05, 3.63) is 71.8 Å². The van der Waals surface area contributed by atoms with Crippen LogP contribution in [0.5, 0.6) is 0 Å². The molecule has 0 saturated heterocycles. The van der Waals surface area contributed by atoms with E-state index < -0.39 is 9.52 Å². The first-order valence-electron chi connectivity index (χ1n) is 5.45. The largest absolute Gasteiger partial charge is 0.142 e. The molecule has 0 heterocycles. The van der Waals surface area contributed by atoms with Gasteiger partial charge in [-0.2, -0.15) is 0 Å². The van der Waals surface area contributed by atoms with Gasteiger partial charge in [-0.05, 0) is 11.1 Å². The van der Waals surface area contributed by atoms with Crippen molar-refractivity contribution < 1.29 is 0 Å². The van der Waals surface area contributed by atoms with E-state index in [1.54, 1.807) is 0 Å². The molecule has 2 aromatic rings. The van der Waals surface area contributed by atoms with Gasteiger partial charge in [-0.15, -0.1) is 12.0 Å². The normalized spacial score (nSPS) is 10.8. The van der Waals surface area contributed by atoms with Gasteiger partial charge in [-0.1, -0.05) is 60.7 Å². The summed E-state index contributed by atoms with van der Waals surface area (Å²) in [4.78, 5) is 0. The first-order valence-corrected chi connectivity index (χ1v) is 6.97. The van der Waals surface area contributed by atoms with Crippen LogP contribution in [0.25, 0.3) is 0 Å². The van der Waals surface area contributed by atoms with E-state index in [-0.39, 0.29) is 0 Å². The molecule has 0 unspecified atom stereocenters. The molecule has 0 fully saturated rings. The maximum absolute atomic E-state index is 5.52. The first-order chi connectivity index (χ1) is 7.92. The van der Waals surface area contributed by atoms with E-state index in [1.165, 1.54) is 11.1 Å². The Morgan fingerprint density at radius 1 is 0.812 bits per heavy atom. The summed E-state index contributed by atoms with van der Waals surface area (Å²) in [6.07, 6.45) is 5.52. The second-order valence-corrected chi connectivity index (χ2v) is 5.42. The molecule has 0 aliphatic heterocycles. The molecular formula is C15H14Si. The van der Waals surface area contributed by atoms with Crippen molar-refractivity contribution in [2.75, 3.05) is 0 Å². The van der Waals surface area contributed by atoms with E-state index >= 15 is 0 Å². The van der Waals surface area contributed by atoms with Gasteiger partial charge in [0.2, 0.25) is 0 Å². The average Bonchev–Trinajstić information content (AvgIpc) is 2.38. The van der Waals surface area contributed by atoms with Crippen molar-refractivity contribution in [3.63, 3.8) is 0 Å². The molecule has 0 atom stereocenters. The summed E-state index contributed by atoms with van der Waals surface area (Å²) < 4.78 is 0. The lowest BCUT2D eigenvalue weighted by atomic mass is 10.0. The third-order valence-corrected chi connectivity index (χ3v) is 4.31. The molecule has 0 N–H and O–H groups in total. The maximum Gasteiger partial charge on any atom is 0.118 e. The van der Waals surface area contributed by atoms with Crippen molar-refractivity contribution in [1.29, 1.82) is 0 Å². The molecule has 0 spiro atoms. The highest BCUT2D eigenvalue weighted by molar-refractivity contribution is 6.48. The Kier molecular flexibility index (Phi) is 3.58. The van der Waals surface area contributed by atoms with Crippen LogP contribution in [0.1, 0.15) is 16.7 Å². The summed E-state index contributed by atoms with van der Waals surface area (Å²) in [6, 6.07) is 21.1. The van der Waals surface area contributed by atoms with Crippen molar-refractivity contribution in [2.24, 2.45) is 0 Å². The van der Waals surface area contributed by atoms with Gasteiger partial charge < -0.3 is 0 Å². The minimum Gasteiger partial charge on any atom is -0.142 e. The summed E-state index contributed by atoms with van der Waals surface area (Å²) >= 11 is 0. The van der Waals surface area contributed by atoms with E-state index in [2.05, 4.69) is 54.1 Å². The molecule has 0 amide bonds. The van der Waals surface area contributed by atoms with E-state index in [9.17, 15) is 0 Å². The molecule has 0 nitrogen and oxygen atoms in total. The Labute approximate surface area is 99.2 Å². The van der Waals surface area contributed by atoms with Crippen LogP contribution in [0.4, 0.5) is 0 Å². The minimum absolute atomic E-state index is 0.451. The number of hydrogen-bond donors (Lipinski definition) is 0. The average molecular weight is 222 g/mol. The van der Waals surface area contributed by atoms with Gasteiger partial charge in [0, 0.05) is 5.54 Å². The zero-order chi connectivity index (χ0) is 11.2. The fourth-order valence-corrected chi connectivity index (χ4v) is 3.17. The van der Waals surface area contributed by atoms with Gasteiger partial charge in [0.15, 0.2) is 0 Å². The molecule has 0 bridgehead atoms. The summed E-state index contributed by atoms with van der Waals surface area (Å²) in [7, 11) is -0.533. The van der Waals surface area contributed by atoms with Crippen molar-refractivity contribution >= 4 is 9.52 Å². The number of rotatable bonds is 3. The summed E-state index contributed by atoms with van der Waals surface area (Å²) in [5.74, 6) is 0. The fraction of sp³-hybridized carbons (Fsp3) is 0.0667. The number of terminal acetylenes is 1. The second-order valence-electron chi connectivity index (χ2n) is 3.78. The van der Waals surface area contributed by atoms with Gasteiger partial charge >= 0.3 is 0 Å². The Balaban J connectivity index is 2.36. The molecule has 0 aromatic heterocycles. The second kappa shape index (κ2) is 5.34. The molecule has 2 aromatic carbocycles. The van der Waals surface area contributed by atoms with Crippen LogP contribution < -0.4 is 0 Å². The SMILES string of the molecule is C#C[SiH2]C(c1ccccc1)c1ccccc1. The Hall–Kier alpha value is -1.78. The first kappa shape index (κ1) is 10.7. The molecule has 0 aliphatic carbocycles. The van der Waals surface area contributed by atoms with Crippen molar-refractivity contribution in [1.82, 2.24) is 0 Å². The third-order valence-electron chi connectivity index (χ3n) is 2.73. The molecule has 0 aliphatic rings. The Morgan fingerprint density at radius 3 is 1.62 bits per heavy atom. The van der Waals surface area contributed by atoms with Gasteiger partial charge in [-0.3, -0.25) is 0 Å². The van der Waals surface area contributed by atoms with Crippen molar-refractivity contribution in [3.8, 4) is 12.0 Å². The monoisotopic (exact) mass is 222 g/mol. The minimum atomic E-state index is -0.533. The topological polar surface area (TPSA) is 0 Å². The molecule has 0 saturated carbocycles. The van der Waals surface area contributed by atoms with Gasteiger partial charge in [0.25, 0.3) is 0 Å². The lowest BCUT2D eigenvalue weighted by molar-refractivity contribution is 1.13. The summed E-state index contributed by atoms with van der Waals surface area (Å²) in [5, 5.41) is 0. The molecule has 1 heteroatoms. The summed E-state index contributed by atoms with van der Waals surface area (Å²) in [6.45, 7) is 0. The molecular weight excluding hydrogens is 208 g/mol. The maximum atomic E-state index is 5.52. The smallest absolute Gasteiger partial charge is 0.118 e. The van der Waals surface area contributed by atoms with Crippen LogP contribution in [0.2, 0.25) is 0 Å². The molecule has 16 heavy (non-hydrogen) atoms. The number of hydrogen-bond acceptors (Lipinski definition) is 0. The molecule has 0 radical (unpaired) electrons. The van der Waals surface area contributed by atoms with Gasteiger partial charge in [-0.25, -0.2) is 0 Å². The highest BCUT2D eigenvalue weighted by Gasteiger charge is 2.12. The summed E-state index contributed by atoms with van der Waals surface area (Å²) in [5.41, 5.74) is 6.05. The quantitative estimate of drug-likeness (QED) is 0.553.